The molecule has 1 nitrogen and oxygen atoms in total. The fourth-order valence-corrected chi connectivity index (χ4v) is 2.62. The Hall–Kier alpha value is 0.310. The molecule has 0 radical (unpaired) electrons. The van der Waals surface area contributed by atoms with Crippen LogP contribution in [0.1, 0.15) is 32.1 Å². The van der Waals surface area contributed by atoms with Gasteiger partial charge in [-0.05, 0) is 19.3 Å². The van der Waals surface area contributed by atoms with Gasteiger partial charge in [0.25, 0.3) is 0 Å². The summed E-state index contributed by atoms with van der Waals surface area (Å²) in [5, 5.41) is 0.523. The summed E-state index contributed by atoms with van der Waals surface area (Å²) in [4.78, 5) is 0. The van der Waals surface area contributed by atoms with E-state index in [0.29, 0.717) is 5.25 Å². The predicted molar refractivity (Wildman–Crippen MR) is 44.5 cm³/mol. The normalized spacial score (nSPS) is 37.5. The molecule has 58 valence electrons. The van der Waals surface area contributed by atoms with Crippen LogP contribution < -0.4 is 0 Å². The second-order valence-electron chi connectivity index (χ2n) is 3.42. The minimum atomic E-state index is 0.211. The third-order valence-corrected chi connectivity index (χ3v) is 3.57. The van der Waals surface area contributed by atoms with Crippen LogP contribution in [0.5, 0.6) is 0 Å². The minimum Gasteiger partial charge on any atom is -0.374 e. The van der Waals surface area contributed by atoms with Gasteiger partial charge in [-0.25, -0.2) is 0 Å². The van der Waals surface area contributed by atoms with Gasteiger partial charge in [-0.15, -0.1) is 0 Å². The Morgan fingerprint density at radius 3 is 2.50 bits per heavy atom. The van der Waals surface area contributed by atoms with Crippen LogP contribution in [0.4, 0.5) is 0 Å². The van der Waals surface area contributed by atoms with Crippen molar-refractivity contribution >= 4 is 12.6 Å². The summed E-state index contributed by atoms with van der Waals surface area (Å²) in [5.74, 6) is 0. The minimum absolute atomic E-state index is 0.211. The van der Waals surface area contributed by atoms with Crippen molar-refractivity contribution < 1.29 is 4.74 Å². The molecular formula is C8H14OS. The summed E-state index contributed by atoms with van der Waals surface area (Å²) in [6, 6.07) is 0. The molecule has 1 aliphatic heterocycles. The molecule has 2 fully saturated rings. The van der Waals surface area contributed by atoms with Crippen LogP contribution in [0.25, 0.3) is 0 Å². The summed E-state index contributed by atoms with van der Waals surface area (Å²) >= 11 is 4.55. The molecule has 1 saturated carbocycles. The van der Waals surface area contributed by atoms with Crippen molar-refractivity contribution in [2.24, 2.45) is 0 Å². The molecule has 2 aliphatic rings. The second kappa shape index (κ2) is 2.42. The first-order valence-electron chi connectivity index (χ1n) is 4.16. The fourth-order valence-electron chi connectivity index (χ4n) is 2.18. The first-order chi connectivity index (χ1) is 4.83. The van der Waals surface area contributed by atoms with E-state index >= 15 is 0 Å². The highest BCUT2D eigenvalue weighted by Crippen LogP contribution is 2.43. The average molecular weight is 158 g/mol. The average Bonchev–Trinajstić information content (AvgIpc) is 2.48. The lowest BCUT2D eigenvalue weighted by atomic mass is 9.98. The van der Waals surface area contributed by atoms with E-state index < -0.39 is 0 Å². The summed E-state index contributed by atoms with van der Waals surface area (Å²) in [5.41, 5.74) is 0.211. The Morgan fingerprint density at radius 1 is 1.30 bits per heavy atom. The molecule has 0 N–H and O–H groups in total. The molecule has 2 heteroatoms. The molecule has 0 aromatic heterocycles. The Morgan fingerprint density at radius 2 is 2.00 bits per heavy atom. The van der Waals surface area contributed by atoms with E-state index in [4.69, 9.17) is 4.74 Å². The molecule has 0 aromatic rings. The van der Waals surface area contributed by atoms with Gasteiger partial charge in [0, 0.05) is 11.9 Å². The van der Waals surface area contributed by atoms with Gasteiger partial charge in [-0.1, -0.05) is 12.8 Å². The van der Waals surface area contributed by atoms with Crippen molar-refractivity contribution in [3.05, 3.63) is 0 Å². The zero-order valence-electron chi connectivity index (χ0n) is 6.18. The Labute approximate surface area is 67.6 Å². The quantitative estimate of drug-likeness (QED) is 0.531. The lowest BCUT2D eigenvalue weighted by Crippen LogP contribution is -2.32. The zero-order chi connectivity index (χ0) is 7.03. The molecule has 1 atom stereocenters. The molecule has 10 heavy (non-hydrogen) atoms. The molecular weight excluding hydrogens is 144 g/mol. The van der Waals surface area contributed by atoms with Gasteiger partial charge in [-0.3, -0.25) is 0 Å². The standard InChI is InChI=1S/C8H14OS/c10-7-3-6-9-8(7)4-1-2-5-8/h7,10H,1-6H2. The van der Waals surface area contributed by atoms with E-state index in [-0.39, 0.29) is 5.60 Å². The van der Waals surface area contributed by atoms with E-state index in [1.54, 1.807) is 0 Å². The number of thiol groups is 1. The number of ether oxygens (including phenoxy) is 1. The SMILES string of the molecule is SC1CCOC12CCCC2. The maximum atomic E-state index is 5.74. The van der Waals surface area contributed by atoms with Crippen molar-refractivity contribution in [2.45, 2.75) is 43.0 Å². The molecule has 2 rings (SSSR count). The van der Waals surface area contributed by atoms with E-state index in [0.717, 1.165) is 13.0 Å². The van der Waals surface area contributed by atoms with Crippen LogP contribution >= 0.6 is 12.6 Å². The van der Waals surface area contributed by atoms with E-state index in [9.17, 15) is 0 Å². The number of hydrogen-bond acceptors (Lipinski definition) is 2. The molecule has 0 bridgehead atoms. The van der Waals surface area contributed by atoms with Crippen molar-refractivity contribution in [1.29, 1.82) is 0 Å². The topological polar surface area (TPSA) is 9.23 Å². The summed E-state index contributed by atoms with van der Waals surface area (Å²) in [6.45, 7) is 0.939. The van der Waals surface area contributed by atoms with Gasteiger partial charge in [0.2, 0.25) is 0 Å². The van der Waals surface area contributed by atoms with E-state index in [2.05, 4.69) is 12.6 Å². The lowest BCUT2D eigenvalue weighted by molar-refractivity contribution is 0.0137. The van der Waals surface area contributed by atoms with E-state index in [1.807, 2.05) is 0 Å². The van der Waals surface area contributed by atoms with Gasteiger partial charge in [-0.2, -0.15) is 12.6 Å². The number of hydrogen-bond donors (Lipinski definition) is 1. The van der Waals surface area contributed by atoms with Crippen LogP contribution in [0.3, 0.4) is 0 Å². The van der Waals surface area contributed by atoms with Gasteiger partial charge in [0.15, 0.2) is 0 Å². The van der Waals surface area contributed by atoms with Crippen LogP contribution in [-0.2, 0) is 4.74 Å². The monoisotopic (exact) mass is 158 g/mol. The molecule has 0 aromatic carbocycles. The first-order valence-corrected chi connectivity index (χ1v) is 4.67. The summed E-state index contributed by atoms with van der Waals surface area (Å²) < 4.78 is 5.74. The molecule has 0 amide bonds. The van der Waals surface area contributed by atoms with Gasteiger partial charge < -0.3 is 4.74 Å². The summed E-state index contributed by atoms with van der Waals surface area (Å²) in [7, 11) is 0. The highest BCUT2D eigenvalue weighted by Gasteiger charge is 2.44. The van der Waals surface area contributed by atoms with Crippen molar-refractivity contribution in [1.82, 2.24) is 0 Å². The predicted octanol–water partition coefficient (Wildman–Crippen LogP) is 2.02. The molecule has 1 unspecified atom stereocenters. The van der Waals surface area contributed by atoms with Gasteiger partial charge >= 0.3 is 0 Å². The largest absolute Gasteiger partial charge is 0.374 e. The Bertz CT molecular complexity index is 124. The maximum Gasteiger partial charge on any atom is 0.0798 e. The first kappa shape index (κ1) is 6.99. The van der Waals surface area contributed by atoms with Crippen LogP contribution in [0, 0.1) is 0 Å². The van der Waals surface area contributed by atoms with Crippen molar-refractivity contribution in [3.63, 3.8) is 0 Å². The lowest BCUT2D eigenvalue weighted by Gasteiger charge is -2.26. The van der Waals surface area contributed by atoms with Crippen molar-refractivity contribution in [3.8, 4) is 0 Å². The smallest absolute Gasteiger partial charge is 0.0798 e. The van der Waals surface area contributed by atoms with E-state index in [1.165, 1.54) is 25.7 Å². The maximum absolute atomic E-state index is 5.74. The summed E-state index contributed by atoms with van der Waals surface area (Å²) in [6.07, 6.45) is 6.35. The van der Waals surface area contributed by atoms with Gasteiger partial charge in [0.1, 0.15) is 0 Å². The molecule has 1 aliphatic carbocycles. The van der Waals surface area contributed by atoms with Gasteiger partial charge in [0.05, 0.1) is 5.60 Å². The van der Waals surface area contributed by atoms with Crippen LogP contribution in [0.15, 0.2) is 0 Å². The third-order valence-electron chi connectivity index (χ3n) is 2.84. The third kappa shape index (κ3) is 0.892. The highest BCUT2D eigenvalue weighted by molar-refractivity contribution is 7.81. The van der Waals surface area contributed by atoms with Crippen LogP contribution in [-0.4, -0.2) is 17.5 Å². The number of rotatable bonds is 0. The fraction of sp³-hybridized carbons (Fsp3) is 1.00. The molecule has 1 spiro atoms. The van der Waals surface area contributed by atoms with Crippen molar-refractivity contribution in [2.75, 3.05) is 6.61 Å². The second-order valence-corrected chi connectivity index (χ2v) is 4.05. The van der Waals surface area contributed by atoms with Crippen LogP contribution in [0.2, 0.25) is 0 Å². The zero-order valence-corrected chi connectivity index (χ0v) is 7.07. The Kier molecular flexibility index (Phi) is 1.69. The Balaban J connectivity index is 2.11. The molecule has 1 heterocycles. The molecule has 1 saturated heterocycles. The highest BCUT2D eigenvalue weighted by atomic mass is 32.1.